The summed E-state index contributed by atoms with van der Waals surface area (Å²) in [5, 5.41) is 0. The second-order valence-electron chi connectivity index (χ2n) is 3.53. The number of carbonyl (C=O) groups excluding carboxylic acids is 2. The molecule has 0 aromatic heterocycles. The van der Waals surface area contributed by atoms with Crippen molar-refractivity contribution in [2.24, 2.45) is 5.92 Å². The quantitative estimate of drug-likeness (QED) is 0.583. The fraction of sp³-hybridized carbons (Fsp3) is 0.778. The van der Waals surface area contributed by atoms with Gasteiger partial charge in [0, 0.05) is 13.5 Å². The van der Waals surface area contributed by atoms with Gasteiger partial charge in [-0.25, -0.2) is 0 Å². The van der Waals surface area contributed by atoms with Crippen LogP contribution in [-0.2, 0) is 9.59 Å². The Bertz CT molecular complexity index is 213. The molecule has 0 saturated carbocycles. The minimum Gasteiger partial charge on any atom is -0.333 e. The molecule has 1 rings (SSSR count). The predicted molar refractivity (Wildman–Crippen MR) is 45.6 cm³/mol. The Balaban J connectivity index is 2.77. The Hall–Kier alpha value is -0.860. The first kappa shape index (κ1) is 9.23. The third-order valence-electron chi connectivity index (χ3n) is 2.52. The van der Waals surface area contributed by atoms with Crippen LogP contribution in [0.15, 0.2) is 0 Å². The van der Waals surface area contributed by atoms with Gasteiger partial charge >= 0.3 is 0 Å². The first-order chi connectivity index (χ1) is 5.54. The Labute approximate surface area is 72.7 Å². The number of rotatable bonds is 1. The van der Waals surface area contributed by atoms with Gasteiger partial charge in [-0.3, -0.25) is 9.59 Å². The third-order valence-corrected chi connectivity index (χ3v) is 2.52. The minimum absolute atomic E-state index is 0.0135. The van der Waals surface area contributed by atoms with Gasteiger partial charge in [0.1, 0.15) is 0 Å². The summed E-state index contributed by atoms with van der Waals surface area (Å²) in [6.45, 7) is 5.84. The Morgan fingerprint density at radius 3 is 2.25 bits per heavy atom. The molecule has 0 bridgehead atoms. The van der Waals surface area contributed by atoms with Gasteiger partial charge in [0.15, 0.2) is 5.78 Å². The zero-order chi connectivity index (χ0) is 9.30. The average molecular weight is 169 g/mol. The van der Waals surface area contributed by atoms with E-state index in [1.165, 1.54) is 6.92 Å². The standard InChI is InChI=1S/C9H15NO2/c1-6-4-5-10(8(3)12)9(6)7(2)11/h6,9H,4-5H2,1-3H3/t6-,9?/m0/s1. The molecule has 0 radical (unpaired) electrons. The molecule has 12 heavy (non-hydrogen) atoms. The van der Waals surface area contributed by atoms with Gasteiger partial charge in [0.05, 0.1) is 6.04 Å². The number of nitrogens with zero attached hydrogens (tertiary/aromatic N) is 1. The van der Waals surface area contributed by atoms with E-state index in [9.17, 15) is 9.59 Å². The predicted octanol–water partition coefficient (Wildman–Crippen LogP) is 0.832. The maximum atomic E-state index is 11.2. The number of amides is 1. The molecule has 1 fully saturated rings. The lowest BCUT2D eigenvalue weighted by atomic mass is 10.00. The van der Waals surface area contributed by atoms with Crippen molar-refractivity contribution in [2.45, 2.75) is 33.2 Å². The van der Waals surface area contributed by atoms with Crippen molar-refractivity contribution < 1.29 is 9.59 Å². The van der Waals surface area contributed by atoms with E-state index < -0.39 is 0 Å². The maximum absolute atomic E-state index is 11.2. The largest absolute Gasteiger partial charge is 0.333 e. The molecule has 3 nitrogen and oxygen atoms in total. The van der Waals surface area contributed by atoms with E-state index >= 15 is 0 Å². The molecular weight excluding hydrogens is 154 g/mol. The van der Waals surface area contributed by atoms with Gasteiger partial charge in [-0.1, -0.05) is 6.92 Å². The van der Waals surface area contributed by atoms with Gasteiger partial charge in [0.2, 0.25) is 5.91 Å². The number of likely N-dealkylation sites (tertiary alicyclic amines) is 1. The average Bonchev–Trinajstić information content (AvgIpc) is 2.30. The molecule has 0 aromatic rings. The van der Waals surface area contributed by atoms with E-state index in [2.05, 4.69) is 0 Å². The second-order valence-corrected chi connectivity index (χ2v) is 3.53. The summed E-state index contributed by atoms with van der Waals surface area (Å²) in [4.78, 5) is 23.9. The van der Waals surface area contributed by atoms with Crippen LogP contribution in [0.2, 0.25) is 0 Å². The van der Waals surface area contributed by atoms with E-state index in [1.54, 1.807) is 11.8 Å². The zero-order valence-electron chi connectivity index (χ0n) is 7.83. The SMILES string of the molecule is CC(=O)C1[C@@H](C)CCN1C(C)=O. The summed E-state index contributed by atoms with van der Waals surface area (Å²) in [5.41, 5.74) is 0. The van der Waals surface area contributed by atoms with Crippen molar-refractivity contribution in [3.8, 4) is 0 Å². The number of ketones is 1. The number of carbonyl (C=O) groups is 2. The molecule has 0 aliphatic carbocycles. The van der Waals surface area contributed by atoms with Crippen LogP contribution in [0.3, 0.4) is 0 Å². The minimum atomic E-state index is -0.164. The molecule has 1 unspecified atom stereocenters. The molecule has 1 amide bonds. The van der Waals surface area contributed by atoms with Crippen LogP contribution in [0.1, 0.15) is 27.2 Å². The molecule has 1 saturated heterocycles. The highest BCUT2D eigenvalue weighted by molar-refractivity contribution is 5.87. The van der Waals surface area contributed by atoms with Crippen LogP contribution in [0.25, 0.3) is 0 Å². The van der Waals surface area contributed by atoms with Gasteiger partial charge < -0.3 is 4.90 Å². The van der Waals surface area contributed by atoms with E-state index in [0.29, 0.717) is 5.92 Å². The fourth-order valence-electron chi connectivity index (χ4n) is 1.92. The smallest absolute Gasteiger partial charge is 0.220 e. The summed E-state index contributed by atoms with van der Waals surface area (Å²) in [5.74, 6) is 0.446. The number of hydrogen-bond donors (Lipinski definition) is 0. The van der Waals surface area contributed by atoms with Crippen molar-refractivity contribution in [1.29, 1.82) is 0 Å². The van der Waals surface area contributed by atoms with Crippen LogP contribution < -0.4 is 0 Å². The van der Waals surface area contributed by atoms with Crippen LogP contribution in [-0.4, -0.2) is 29.2 Å². The Morgan fingerprint density at radius 1 is 1.33 bits per heavy atom. The summed E-state index contributed by atoms with van der Waals surface area (Å²) < 4.78 is 0. The molecule has 1 aliphatic heterocycles. The molecule has 1 aliphatic rings. The first-order valence-electron chi connectivity index (χ1n) is 4.31. The van der Waals surface area contributed by atoms with E-state index in [0.717, 1.165) is 13.0 Å². The summed E-state index contributed by atoms with van der Waals surface area (Å²) in [6, 6.07) is -0.164. The number of Topliss-reactive ketones (excluding diaryl/α,β-unsaturated/α-hetero) is 1. The zero-order valence-corrected chi connectivity index (χ0v) is 7.83. The lowest BCUT2D eigenvalue weighted by Crippen LogP contribution is -2.40. The maximum Gasteiger partial charge on any atom is 0.220 e. The molecule has 1 heterocycles. The first-order valence-corrected chi connectivity index (χ1v) is 4.31. The highest BCUT2D eigenvalue weighted by Gasteiger charge is 2.35. The van der Waals surface area contributed by atoms with Gasteiger partial charge in [-0.05, 0) is 19.3 Å². The summed E-state index contributed by atoms with van der Waals surface area (Å²) in [7, 11) is 0. The van der Waals surface area contributed by atoms with Crippen molar-refractivity contribution in [2.75, 3.05) is 6.54 Å². The van der Waals surface area contributed by atoms with Crippen molar-refractivity contribution in [3.63, 3.8) is 0 Å². The molecule has 0 aromatic carbocycles. The van der Waals surface area contributed by atoms with Crippen LogP contribution in [0, 0.1) is 5.92 Å². The van der Waals surface area contributed by atoms with Gasteiger partial charge in [-0.15, -0.1) is 0 Å². The Morgan fingerprint density at radius 2 is 1.92 bits per heavy atom. The third kappa shape index (κ3) is 1.49. The van der Waals surface area contributed by atoms with E-state index in [1.807, 2.05) is 6.92 Å². The highest BCUT2D eigenvalue weighted by Crippen LogP contribution is 2.24. The fourth-order valence-corrected chi connectivity index (χ4v) is 1.92. The second kappa shape index (κ2) is 3.25. The van der Waals surface area contributed by atoms with Crippen LogP contribution in [0.4, 0.5) is 0 Å². The highest BCUT2D eigenvalue weighted by atomic mass is 16.2. The van der Waals surface area contributed by atoms with Crippen LogP contribution >= 0.6 is 0 Å². The van der Waals surface area contributed by atoms with Crippen molar-refractivity contribution >= 4 is 11.7 Å². The molecular formula is C9H15NO2. The van der Waals surface area contributed by atoms with E-state index in [-0.39, 0.29) is 17.7 Å². The molecule has 0 spiro atoms. The lowest BCUT2D eigenvalue weighted by Gasteiger charge is -2.22. The molecule has 3 heteroatoms. The summed E-state index contributed by atoms with van der Waals surface area (Å²) in [6.07, 6.45) is 0.948. The van der Waals surface area contributed by atoms with Gasteiger partial charge in [0.25, 0.3) is 0 Å². The molecule has 68 valence electrons. The van der Waals surface area contributed by atoms with Crippen molar-refractivity contribution in [1.82, 2.24) is 4.90 Å². The normalized spacial score (nSPS) is 29.1. The molecule has 2 atom stereocenters. The monoisotopic (exact) mass is 169 g/mol. The Kier molecular flexibility index (Phi) is 2.50. The van der Waals surface area contributed by atoms with E-state index in [4.69, 9.17) is 0 Å². The van der Waals surface area contributed by atoms with Crippen molar-refractivity contribution in [3.05, 3.63) is 0 Å². The topological polar surface area (TPSA) is 37.4 Å². The number of hydrogen-bond acceptors (Lipinski definition) is 2. The molecule has 0 N–H and O–H groups in total. The summed E-state index contributed by atoms with van der Waals surface area (Å²) >= 11 is 0. The van der Waals surface area contributed by atoms with Gasteiger partial charge in [-0.2, -0.15) is 0 Å². The van der Waals surface area contributed by atoms with Crippen LogP contribution in [0.5, 0.6) is 0 Å². The lowest BCUT2D eigenvalue weighted by molar-refractivity contribution is -0.135.